The Labute approximate surface area is 117 Å². The minimum Gasteiger partial charge on any atom is -0.507 e. The fourth-order valence-corrected chi connectivity index (χ4v) is 2.47. The molecule has 0 fully saturated rings. The van der Waals surface area contributed by atoms with Gasteiger partial charge in [-0.05, 0) is 37.1 Å². The Morgan fingerprint density at radius 3 is 2.60 bits per heavy atom. The van der Waals surface area contributed by atoms with Crippen LogP contribution in [0.4, 0.5) is 5.82 Å². The van der Waals surface area contributed by atoms with Gasteiger partial charge in [0.2, 0.25) is 0 Å². The Kier molecular flexibility index (Phi) is 3.06. The molecule has 0 amide bonds. The molecule has 0 atom stereocenters. The maximum Gasteiger partial charge on any atom is 0.161 e. The quantitative estimate of drug-likeness (QED) is 0.830. The number of phenolic OH excluding ortho intramolecular Hbond substituents is 1. The number of phenols is 1. The van der Waals surface area contributed by atoms with E-state index in [0.29, 0.717) is 30.6 Å². The fraction of sp³-hybridized carbons (Fsp3) is 0.333. The average Bonchev–Trinajstić information content (AvgIpc) is 2.44. The van der Waals surface area contributed by atoms with Gasteiger partial charge in [0.1, 0.15) is 11.6 Å². The summed E-state index contributed by atoms with van der Waals surface area (Å²) < 4.78 is 5.38. The molecular weight excluding hydrogens is 254 g/mol. The summed E-state index contributed by atoms with van der Waals surface area (Å²) >= 11 is 0. The number of anilines is 1. The smallest absolute Gasteiger partial charge is 0.161 e. The Bertz CT molecular complexity index is 660. The number of aryl methyl sites for hydroxylation is 2. The van der Waals surface area contributed by atoms with Gasteiger partial charge in [-0.2, -0.15) is 0 Å². The lowest BCUT2D eigenvalue weighted by Gasteiger charge is -2.18. The van der Waals surface area contributed by atoms with E-state index in [2.05, 4.69) is 9.97 Å². The molecule has 2 aromatic rings. The Hall–Kier alpha value is -2.14. The van der Waals surface area contributed by atoms with E-state index in [-0.39, 0.29) is 0 Å². The molecule has 2 heterocycles. The van der Waals surface area contributed by atoms with Crippen LogP contribution < -0.4 is 5.73 Å². The van der Waals surface area contributed by atoms with E-state index >= 15 is 0 Å². The van der Waals surface area contributed by atoms with E-state index in [1.165, 1.54) is 0 Å². The molecule has 1 aliphatic heterocycles. The van der Waals surface area contributed by atoms with E-state index in [4.69, 9.17) is 10.5 Å². The molecule has 0 spiro atoms. The Balaban J connectivity index is 2.13. The normalized spacial score (nSPS) is 14.1. The largest absolute Gasteiger partial charge is 0.507 e. The summed E-state index contributed by atoms with van der Waals surface area (Å²) in [6.45, 7) is 4.87. The maximum atomic E-state index is 9.84. The summed E-state index contributed by atoms with van der Waals surface area (Å²) in [5.74, 6) is 1.40. The second kappa shape index (κ2) is 4.76. The SMILES string of the molecule is Cc1cc(-c2nc(N)c3c(n2)CCOC3)cc(C)c1O. The number of nitrogens with two attached hydrogens (primary N) is 1. The van der Waals surface area contributed by atoms with Gasteiger partial charge >= 0.3 is 0 Å². The number of aromatic nitrogens is 2. The van der Waals surface area contributed by atoms with Crippen molar-refractivity contribution in [3.05, 3.63) is 34.5 Å². The first kappa shape index (κ1) is 12.9. The van der Waals surface area contributed by atoms with E-state index in [9.17, 15) is 5.11 Å². The molecule has 5 nitrogen and oxygen atoms in total. The standard InChI is InChI=1S/C15H17N3O2/c1-8-5-10(6-9(2)13(8)19)15-17-12-3-4-20-7-11(12)14(16)18-15/h5-6,19H,3-4,7H2,1-2H3,(H2,16,17,18). The minimum absolute atomic E-state index is 0.313. The van der Waals surface area contributed by atoms with Crippen molar-refractivity contribution in [2.45, 2.75) is 26.9 Å². The molecule has 104 valence electrons. The van der Waals surface area contributed by atoms with E-state index in [1.54, 1.807) is 0 Å². The molecule has 3 N–H and O–H groups in total. The third-order valence-corrected chi connectivity index (χ3v) is 3.60. The minimum atomic E-state index is 0.313. The van der Waals surface area contributed by atoms with Crippen molar-refractivity contribution in [1.29, 1.82) is 0 Å². The molecule has 3 rings (SSSR count). The van der Waals surface area contributed by atoms with Crippen LogP contribution in [0.5, 0.6) is 5.75 Å². The number of aromatic hydroxyl groups is 1. The molecule has 1 aliphatic rings. The van der Waals surface area contributed by atoms with Crippen LogP contribution in [-0.4, -0.2) is 21.7 Å². The lowest BCUT2D eigenvalue weighted by atomic mass is 10.0. The van der Waals surface area contributed by atoms with Crippen LogP contribution in [0.3, 0.4) is 0 Å². The topological polar surface area (TPSA) is 81.3 Å². The molecule has 5 heteroatoms. The first-order chi connectivity index (χ1) is 9.56. The Morgan fingerprint density at radius 1 is 1.20 bits per heavy atom. The third kappa shape index (κ3) is 2.10. The summed E-state index contributed by atoms with van der Waals surface area (Å²) in [6, 6.07) is 3.76. The van der Waals surface area contributed by atoms with Crippen LogP contribution in [0.25, 0.3) is 11.4 Å². The number of rotatable bonds is 1. The zero-order chi connectivity index (χ0) is 14.3. The van der Waals surface area contributed by atoms with Crippen LogP contribution in [0, 0.1) is 13.8 Å². The predicted octanol–water partition coefficient (Wildman–Crippen LogP) is 2.12. The number of nitrogens with zero attached hydrogens (tertiary/aromatic N) is 2. The van der Waals surface area contributed by atoms with Crippen molar-refractivity contribution in [2.24, 2.45) is 0 Å². The van der Waals surface area contributed by atoms with Crippen molar-refractivity contribution >= 4 is 5.82 Å². The zero-order valence-corrected chi connectivity index (χ0v) is 11.6. The third-order valence-electron chi connectivity index (χ3n) is 3.60. The molecule has 0 aliphatic carbocycles. The summed E-state index contributed by atoms with van der Waals surface area (Å²) in [4.78, 5) is 8.98. The molecular formula is C15H17N3O2. The highest BCUT2D eigenvalue weighted by Gasteiger charge is 2.18. The number of fused-ring (bicyclic) bond motifs is 1. The molecule has 0 bridgehead atoms. The van der Waals surface area contributed by atoms with Gasteiger partial charge in [-0.3, -0.25) is 0 Å². The first-order valence-corrected chi connectivity index (χ1v) is 6.60. The Morgan fingerprint density at radius 2 is 1.90 bits per heavy atom. The van der Waals surface area contributed by atoms with Crippen LogP contribution in [0.1, 0.15) is 22.4 Å². The number of hydrogen-bond donors (Lipinski definition) is 2. The lowest BCUT2D eigenvalue weighted by Crippen LogP contribution is -2.16. The molecule has 0 radical (unpaired) electrons. The molecule has 20 heavy (non-hydrogen) atoms. The van der Waals surface area contributed by atoms with E-state index in [1.807, 2.05) is 26.0 Å². The van der Waals surface area contributed by atoms with Gasteiger partial charge in [-0.25, -0.2) is 9.97 Å². The van der Waals surface area contributed by atoms with Crippen molar-refractivity contribution in [3.63, 3.8) is 0 Å². The lowest BCUT2D eigenvalue weighted by molar-refractivity contribution is 0.109. The zero-order valence-electron chi connectivity index (χ0n) is 11.6. The van der Waals surface area contributed by atoms with Crippen molar-refractivity contribution < 1.29 is 9.84 Å². The molecule has 0 saturated heterocycles. The monoisotopic (exact) mass is 271 g/mol. The van der Waals surface area contributed by atoms with Gasteiger partial charge in [0.05, 0.1) is 18.9 Å². The highest BCUT2D eigenvalue weighted by Crippen LogP contribution is 2.29. The van der Waals surface area contributed by atoms with Crippen LogP contribution in [0.2, 0.25) is 0 Å². The molecule has 0 unspecified atom stereocenters. The number of benzene rings is 1. The van der Waals surface area contributed by atoms with E-state index < -0.39 is 0 Å². The average molecular weight is 271 g/mol. The first-order valence-electron chi connectivity index (χ1n) is 6.60. The fourth-order valence-electron chi connectivity index (χ4n) is 2.47. The number of nitrogen functional groups attached to an aromatic ring is 1. The van der Waals surface area contributed by atoms with Crippen LogP contribution >= 0.6 is 0 Å². The van der Waals surface area contributed by atoms with Crippen molar-refractivity contribution in [1.82, 2.24) is 9.97 Å². The van der Waals surface area contributed by atoms with E-state index in [0.717, 1.165) is 34.4 Å². The summed E-state index contributed by atoms with van der Waals surface area (Å²) in [5, 5.41) is 9.84. The van der Waals surface area contributed by atoms with Gasteiger partial charge < -0.3 is 15.6 Å². The summed E-state index contributed by atoms with van der Waals surface area (Å²) in [7, 11) is 0. The van der Waals surface area contributed by atoms with Gasteiger partial charge in [-0.1, -0.05) is 0 Å². The van der Waals surface area contributed by atoms with Crippen molar-refractivity contribution in [3.8, 4) is 17.1 Å². The second-order valence-corrected chi connectivity index (χ2v) is 5.12. The maximum absolute atomic E-state index is 9.84. The highest BCUT2D eigenvalue weighted by atomic mass is 16.5. The van der Waals surface area contributed by atoms with Crippen molar-refractivity contribution in [2.75, 3.05) is 12.3 Å². The molecule has 1 aromatic carbocycles. The van der Waals surface area contributed by atoms with Gasteiger partial charge in [0, 0.05) is 17.5 Å². The number of ether oxygens (including phenoxy) is 1. The van der Waals surface area contributed by atoms with Crippen LogP contribution in [-0.2, 0) is 17.8 Å². The summed E-state index contributed by atoms with van der Waals surface area (Å²) in [6.07, 6.45) is 0.755. The predicted molar refractivity (Wildman–Crippen MR) is 76.4 cm³/mol. The summed E-state index contributed by atoms with van der Waals surface area (Å²) in [5.41, 5.74) is 10.4. The van der Waals surface area contributed by atoms with Gasteiger partial charge in [0.15, 0.2) is 5.82 Å². The van der Waals surface area contributed by atoms with Gasteiger partial charge in [-0.15, -0.1) is 0 Å². The molecule has 0 saturated carbocycles. The van der Waals surface area contributed by atoms with Crippen LogP contribution in [0.15, 0.2) is 12.1 Å². The molecule has 1 aromatic heterocycles. The van der Waals surface area contributed by atoms with Gasteiger partial charge in [0.25, 0.3) is 0 Å². The number of hydrogen-bond acceptors (Lipinski definition) is 5. The second-order valence-electron chi connectivity index (χ2n) is 5.12. The highest BCUT2D eigenvalue weighted by molar-refractivity contribution is 5.63.